The number of carbonyl (C=O) groups is 2. The van der Waals surface area contributed by atoms with E-state index in [0.717, 1.165) is 4.90 Å². The average Bonchev–Trinajstić information content (AvgIpc) is 2.67. The number of urea groups is 1. The lowest BCUT2D eigenvalue weighted by Gasteiger charge is -2.29. The molecule has 138 valence electrons. The second-order valence-corrected chi connectivity index (χ2v) is 5.73. The van der Waals surface area contributed by atoms with Crippen LogP contribution in [0.3, 0.4) is 0 Å². The first-order valence-corrected chi connectivity index (χ1v) is 7.96. The molecule has 1 heterocycles. The summed E-state index contributed by atoms with van der Waals surface area (Å²) in [6.07, 6.45) is 1.83. The van der Waals surface area contributed by atoms with Crippen molar-refractivity contribution in [2.24, 2.45) is 0 Å². The van der Waals surface area contributed by atoms with Crippen molar-refractivity contribution in [1.29, 1.82) is 5.26 Å². The van der Waals surface area contributed by atoms with E-state index < -0.39 is 22.9 Å². The molecule has 0 saturated carbocycles. The van der Waals surface area contributed by atoms with Crippen molar-refractivity contribution < 1.29 is 19.2 Å². The van der Waals surface area contributed by atoms with Gasteiger partial charge in [-0.1, -0.05) is 12.1 Å². The molecule has 3 amide bonds. The Morgan fingerprint density at radius 2 is 2.00 bits per heavy atom. The van der Waals surface area contributed by atoms with E-state index in [1.807, 2.05) is 0 Å². The zero-order valence-corrected chi connectivity index (χ0v) is 14.3. The SMILES string of the molecule is CN(C#N)C(=O)[C@H](Cc1ccc([N+](=O)[O-])cc1)NC(=O)N1CCOCC1. The summed E-state index contributed by atoms with van der Waals surface area (Å²) in [5.74, 6) is -0.563. The number of carbonyl (C=O) groups excluding carboxylic acids is 2. The highest BCUT2D eigenvalue weighted by molar-refractivity contribution is 5.88. The summed E-state index contributed by atoms with van der Waals surface area (Å²) in [4.78, 5) is 37.4. The smallest absolute Gasteiger partial charge is 0.318 e. The highest BCUT2D eigenvalue weighted by Gasteiger charge is 2.27. The number of nitriles is 1. The fourth-order valence-electron chi connectivity index (χ4n) is 2.48. The minimum Gasteiger partial charge on any atom is -0.378 e. The van der Waals surface area contributed by atoms with Gasteiger partial charge in [0.05, 0.1) is 18.1 Å². The van der Waals surface area contributed by atoms with Gasteiger partial charge in [0.25, 0.3) is 11.6 Å². The van der Waals surface area contributed by atoms with Crippen molar-refractivity contribution in [3.05, 3.63) is 39.9 Å². The van der Waals surface area contributed by atoms with Crippen molar-refractivity contribution in [2.75, 3.05) is 33.4 Å². The van der Waals surface area contributed by atoms with E-state index in [1.54, 1.807) is 6.19 Å². The third-order valence-electron chi connectivity index (χ3n) is 3.96. The molecule has 26 heavy (non-hydrogen) atoms. The summed E-state index contributed by atoms with van der Waals surface area (Å²) in [6.45, 7) is 1.68. The Balaban J connectivity index is 2.12. The molecular formula is C16H19N5O5. The van der Waals surface area contributed by atoms with Crippen LogP contribution >= 0.6 is 0 Å². The summed E-state index contributed by atoms with van der Waals surface area (Å²) in [5, 5.41) is 22.3. The number of hydrogen-bond donors (Lipinski definition) is 1. The maximum atomic E-state index is 12.4. The highest BCUT2D eigenvalue weighted by atomic mass is 16.6. The molecule has 1 N–H and O–H groups in total. The first-order chi connectivity index (χ1) is 12.4. The molecule has 1 aliphatic rings. The van der Waals surface area contributed by atoms with Crippen LogP contribution in [0.15, 0.2) is 24.3 Å². The third-order valence-corrected chi connectivity index (χ3v) is 3.96. The topological polar surface area (TPSA) is 129 Å². The zero-order chi connectivity index (χ0) is 19.1. The van der Waals surface area contributed by atoms with Gasteiger partial charge in [-0.25, -0.2) is 4.79 Å². The molecule has 0 unspecified atom stereocenters. The van der Waals surface area contributed by atoms with Gasteiger partial charge in [0.15, 0.2) is 6.19 Å². The maximum absolute atomic E-state index is 12.4. The Morgan fingerprint density at radius 3 is 2.54 bits per heavy atom. The number of likely N-dealkylation sites (N-methyl/N-ethyl adjacent to an activating group) is 1. The molecule has 0 spiro atoms. The van der Waals surface area contributed by atoms with Crippen LogP contribution in [-0.2, 0) is 16.0 Å². The Kier molecular flexibility index (Phi) is 6.46. The van der Waals surface area contributed by atoms with Crippen LogP contribution in [0.5, 0.6) is 0 Å². The summed E-state index contributed by atoms with van der Waals surface area (Å²) in [7, 11) is 1.31. The predicted molar refractivity (Wildman–Crippen MR) is 89.9 cm³/mol. The van der Waals surface area contributed by atoms with Crippen molar-refractivity contribution in [3.63, 3.8) is 0 Å². The number of ether oxygens (including phenoxy) is 1. The van der Waals surface area contributed by atoms with Crippen LogP contribution in [0.4, 0.5) is 10.5 Å². The maximum Gasteiger partial charge on any atom is 0.318 e. The summed E-state index contributed by atoms with van der Waals surface area (Å²) in [6, 6.07) is 4.32. The molecule has 1 aromatic rings. The molecule has 2 rings (SSSR count). The summed E-state index contributed by atoms with van der Waals surface area (Å²) >= 11 is 0. The summed E-state index contributed by atoms with van der Waals surface area (Å²) in [5.41, 5.74) is 0.561. The monoisotopic (exact) mass is 361 g/mol. The minimum atomic E-state index is -0.962. The lowest BCUT2D eigenvalue weighted by molar-refractivity contribution is -0.384. The lowest BCUT2D eigenvalue weighted by Crippen LogP contribution is -2.53. The van der Waals surface area contributed by atoms with E-state index in [9.17, 15) is 19.7 Å². The Bertz CT molecular complexity index is 709. The van der Waals surface area contributed by atoms with Gasteiger partial charge in [-0.05, 0) is 5.56 Å². The first kappa shape index (κ1) is 19.1. The zero-order valence-electron chi connectivity index (χ0n) is 14.3. The van der Waals surface area contributed by atoms with Gasteiger partial charge in [-0.2, -0.15) is 5.26 Å². The largest absolute Gasteiger partial charge is 0.378 e. The highest BCUT2D eigenvalue weighted by Crippen LogP contribution is 2.14. The first-order valence-electron chi connectivity index (χ1n) is 7.96. The van der Waals surface area contributed by atoms with Gasteiger partial charge in [0.2, 0.25) is 0 Å². The van der Waals surface area contributed by atoms with Crippen LogP contribution in [0.2, 0.25) is 0 Å². The second kappa shape index (κ2) is 8.77. The Labute approximate surface area is 150 Å². The normalized spacial score (nSPS) is 14.8. The molecule has 10 nitrogen and oxygen atoms in total. The van der Waals surface area contributed by atoms with Crippen LogP contribution in [0, 0.1) is 21.6 Å². The van der Waals surface area contributed by atoms with Crippen LogP contribution < -0.4 is 5.32 Å². The quantitative estimate of drug-likeness (QED) is 0.352. The predicted octanol–water partition coefficient (Wildman–Crippen LogP) is 0.487. The number of amides is 3. The third kappa shape index (κ3) is 4.90. The molecule has 1 atom stereocenters. The van der Waals surface area contributed by atoms with E-state index in [-0.39, 0.29) is 12.1 Å². The fraction of sp³-hybridized carbons (Fsp3) is 0.438. The number of nitro benzene ring substituents is 1. The number of morpholine rings is 1. The van der Waals surface area contributed by atoms with E-state index in [4.69, 9.17) is 10.00 Å². The molecular weight excluding hydrogens is 342 g/mol. The minimum absolute atomic E-state index is 0.0666. The standard InChI is InChI=1S/C16H19N5O5/c1-19(11-17)15(22)14(18-16(23)20-6-8-26-9-7-20)10-12-2-4-13(5-3-12)21(24)25/h2-5,14H,6-10H2,1H3,(H,18,23)/t14-/m0/s1. The number of benzene rings is 1. The van der Waals surface area contributed by atoms with E-state index in [1.165, 1.54) is 36.2 Å². The van der Waals surface area contributed by atoms with Crippen molar-refractivity contribution >= 4 is 17.6 Å². The average molecular weight is 361 g/mol. The number of nitrogens with one attached hydrogen (secondary N) is 1. The molecule has 0 bridgehead atoms. The van der Waals surface area contributed by atoms with E-state index in [0.29, 0.717) is 31.9 Å². The van der Waals surface area contributed by atoms with Crippen LogP contribution in [0.25, 0.3) is 0 Å². The van der Waals surface area contributed by atoms with E-state index >= 15 is 0 Å². The van der Waals surface area contributed by atoms with Crippen molar-refractivity contribution in [3.8, 4) is 6.19 Å². The van der Waals surface area contributed by atoms with Gasteiger partial charge in [-0.15, -0.1) is 0 Å². The number of rotatable bonds is 5. The van der Waals surface area contributed by atoms with Crippen LogP contribution in [0.1, 0.15) is 5.56 Å². The Hall–Kier alpha value is -3.19. The van der Waals surface area contributed by atoms with Gasteiger partial charge >= 0.3 is 6.03 Å². The van der Waals surface area contributed by atoms with Gasteiger partial charge in [0.1, 0.15) is 6.04 Å². The summed E-state index contributed by atoms with van der Waals surface area (Å²) < 4.78 is 5.19. The van der Waals surface area contributed by atoms with Gasteiger partial charge in [0, 0.05) is 38.7 Å². The van der Waals surface area contributed by atoms with E-state index in [2.05, 4.69) is 5.32 Å². The number of nitro groups is 1. The number of nitrogens with zero attached hydrogens (tertiary/aromatic N) is 4. The molecule has 1 saturated heterocycles. The fourth-order valence-corrected chi connectivity index (χ4v) is 2.48. The molecule has 0 aliphatic carbocycles. The van der Waals surface area contributed by atoms with Gasteiger partial charge < -0.3 is 15.0 Å². The number of hydrogen-bond acceptors (Lipinski definition) is 6. The van der Waals surface area contributed by atoms with Crippen molar-refractivity contribution in [2.45, 2.75) is 12.5 Å². The molecule has 1 fully saturated rings. The number of non-ortho nitro benzene ring substituents is 1. The van der Waals surface area contributed by atoms with Crippen LogP contribution in [-0.4, -0.2) is 66.1 Å². The Morgan fingerprint density at radius 1 is 1.38 bits per heavy atom. The molecule has 0 aromatic heterocycles. The molecule has 1 aliphatic heterocycles. The molecule has 1 aromatic carbocycles. The van der Waals surface area contributed by atoms with Crippen molar-refractivity contribution in [1.82, 2.24) is 15.1 Å². The van der Waals surface area contributed by atoms with Gasteiger partial charge in [-0.3, -0.25) is 19.8 Å². The second-order valence-electron chi connectivity index (χ2n) is 5.73. The molecule has 0 radical (unpaired) electrons. The lowest BCUT2D eigenvalue weighted by atomic mass is 10.0. The molecule has 10 heteroatoms.